The number of aromatic nitrogens is 1. The molecule has 2 aromatic rings. The number of benzene rings is 1. The Morgan fingerprint density at radius 2 is 2.12 bits per heavy atom. The van der Waals surface area contributed by atoms with Crippen molar-refractivity contribution in [1.82, 2.24) is 10.3 Å². The summed E-state index contributed by atoms with van der Waals surface area (Å²) in [6.45, 7) is 1.99. The quantitative estimate of drug-likeness (QED) is 0.810. The van der Waals surface area contributed by atoms with Crippen molar-refractivity contribution in [3.05, 3.63) is 53.7 Å². The van der Waals surface area contributed by atoms with Gasteiger partial charge in [-0.3, -0.25) is 4.79 Å². The van der Waals surface area contributed by atoms with Gasteiger partial charge in [0.1, 0.15) is 11.6 Å². The van der Waals surface area contributed by atoms with Crippen LogP contribution in [0.15, 0.2) is 42.6 Å². The van der Waals surface area contributed by atoms with Crippen molar-refractivity contribution in [3.63, 3.8) is 0 Å². The van der Waals surface area contributed by atoms with E-state index in [-0.39, 0.29) is 12.0 Å². The number of hydrogen-bond acceptors (Lipinski definition) is 5. The molecule has 0 aliphatic carbocycles. The molecule has 1 aliphatic heterocycles. The summed E-state index contributed by atoms with van der Waals surface area (Å²) >= 11 is 0. The smallest absolute Gasteiger partial charge is 0.252 e. The molecule has 1 saturated heterocycles. The van der Waals surface area contributed by atoms with Gasteiger partial charge in [-0.25, -0.2) is 4.98 Å². The first-order valence-corrected chi connectivity index (χ1v) is 8.47. The van der Waals surface area contributed by atoms with Crippen molar-refractivity contribution in [2.45, 2.75) is 25.5 Å². The molecule has 1 unspecified atom stereocenters. The predicted molar refractivity (Wildman–Crippen MR) is 95.9 cm³/mol. The van der Waals surface area contributed by atoms with Crippen molar-refractivity contribution in [2.24, 2.45) is 0 Å². The molecular formula is C19H23N3O3. The van der Waals surface area contributed by atoms with E-state index in [2.05, 4.69) is 15.6 Å². The van der Waals surface area contributed by atoms with Crippen LogP contribution in [-0.4, -0.2) is 37.3 Å². The summed E-state index contributed by atoms with van der Waals surface area (Å²) in [5, 5.41) is 6.13. The lowest BCUT2D eigenvalue weighted by Crippen LogP contribution is -2.31. The summed E-state index contributed by atoms with van der Waals surface area (Å²) in [5.74, 6) is 1.44. The summed E-state index contributed by atoms with van der Waals surface area (Å²) in [4.78, 5) is 16.4. The molecule has 1 aliphatic rings. The maximum atomic E-state index is 12.1. The van der Waals surface area contributed by atoms with Crippen LogP contribution < -0.4 is 15.4 Å². The van der Waals surface area contributed by atoms with Gasteiger partial charge in [-0.15, -0.1) is 0 Å². The lowest BCUT2D eigenvalue weighted by molar-refractivity contribution is 0.0857. The number of methoxy groups -OCH3 is 1. The number of carbonyl (C=O) groups is 1. The molecule has 2 N–H and O–H groups in total. The second kappa shape index (κ2) is 8.48. The lowest BCUT2D eigenvalue weighted by atomic mass is 10.2. The molecule has 25 heavy (non-hydrogen) atoms. The average Bonchev–Trinajstić information content (AvgIpc) is 3.19. The first-order chi connectivity index (χ1) is 12.2. The molecule has 0 saturated carbocycles. The first-order valence-electron chi connectivity index (χ1n) is 8.47. The van der Waals surface area contributed by atoms with Crippen LogP contribution in [0.4, 0.5) is 5.82 Å². The lowest BCUT2D eigenvalue weighted by Gasteiger charge is -2.11. The van der Waals surface area contributed by atoms with E-state index in [0.717, 1.165) is 36.6 Å². The number of anilines is 1. The third-order valence-corrected chi connectivity index (χ3v) is 4.17. The monoisotopic (exact) mass is 341 g/mol. The topological polar surface area (TPSA) is 72.5 Å². The van der Waals surface area contributed by atoms with Gasteiger partial charge < -0.3 is 20.1 Å². The van der Waals surface area contributed by atoms with Crippen LogP contribution in [0.5, 0.6) is 5.75 Å². The van der Waals surface area contributed by atoms with Gasteiger partial charge in [-0.05, 0) is 42.7 Å². The van der Waals surface area contributed by atoms with E-state index >= 15 is 0 Å². The molecule has 1 aromatic carbocycles. The van der Waals surface area contributed by atoms with Crippen LogP contribution in [-0.2, 0) is 11.3 Å². The zero-order valence-corrected chi connectivity index (χ0v) is 14.3. The molecule has 2 heterocycles. The fraction of sp³-hybridized carbons (Fsp3) is 0.368. The Morgan fingerprint density at radius 1 is 1.28 bits per heavy atom. The normalized spacial score (nSPS) is 16.4. The van der Waals surface area contributed by atoms with Crippen LogP contribution >= 0.6 is 0 Å². The van der Waals surface area contributed by atoms with Gasteiger partial charge in [0.2, 0.25) is 0 Å². The number of carbonyl (C=O) groups excluding carboxylic acids is 1. The Hall–Kier alpha value is -2.60. The van der Waals surface area contributed by atoms with Gasteiger partial charge in [-0.2, -0.15) is 0 Å². The van der Waals surface area contributed by atoms with Gasteiger partial charge in [0.25, 0.3) is 5.91 Å². The van der Waals surface area contributed by atoms with Gasteiger partial charge >= 0.3 is 0 Å². The van der Waals surface area contributed by atoms with E-state index in [0.29, 0.717) is 18.7 Å². The number of nitrogens with zero attached hydrogens (tertiary/aromatic N) is 1. The molecule has 1 amide bonds. The summed E-state index contributed by atoms with van der Waals surface area (Å²) in [6.07, 6.45) is 3.80. The maximum absolute atomic E-state index is 12.1. The minimum absolute atomic E-state index is 0.121. The van der Waals surface area contributed by atoms with Gasteiger partial charge in [0.05, 0.1) is 18.8 Å². The second-order valence-corrected chi connectivity index (χ2v) is 5.98. The molecule has 3 rings (SSSR count). The zero-order valence-electron chi connectivity index (χ0n) is 14.3. The fourth-order valence-corrected chi connectivity index (χ4v) is 2.68. The number of ether oxygens (including phenoxy) is 2. The number of amides is 1. The molecule has 132 valence electrons. The third kappa shape index (κ3) is 4.93. The Morgan fingerprint density at radius 3 is 2.76 bits per heavy atom. The van der Waals surface area contributed by atoms with E-state index in [1.165, 1.54) is 0 Å². The summed E-state index contributed by atoms with van der Waals surface area (Å²) in [5.41, 5.74) is 1.67. The van der Waals surface area contributed by atoms with E-state index in [4.69, 9.17) is 9.47 Å². The number of hydrogen-bond donors (Lipinski definition) is 2. The van der Waals surface area contributed by atoms with Gasteiger partial charge in [-0.1, -0.05) is 12.1 Å². The van der Waals surface area contributed by atoms with E-state index in [9.17, 15) is 4.79 Å². The maximum Gasteiger partial charge on any atom is 0.252 e. The molecular weight excluding hydrogens is 318 g/mol. The highest BCUT2D eigenvalue weighted by Gasteiger charge is 2.16. The van der Waals surface area contributed by atoms with Gasteiger partial charge in [0, 0.05) is 25.9 Å². The van der Waals surface area contributed by atoms with Gasteiger partial charge in [0.15, 0.2) is 0 Å². The Labute approximate surface area is 147 Å². The summed E-state index contributed by atoms with van der Waals surface area (Å²) < 4.78 is 10.6. The van der Waals surface area contributed by atoms with Crippen molar-refractivity contribution < 1.29 is 14.3 Å². The van der Waals surface area contributed by atoms with Crippen molar-refractivity contribution in [2.75, 3.05) is 25.6 Å². The molecule has 6 nitrogen and oxygen atoms in total. The summed E-state index contributed by atoms with van der Waals surface area (Å²) in [6, 6.07) is 11.4. The molecule has 1 atom stereocenters. The molecule has 0 spiro atoms. The minimum atomic E-state index is -0.121. The largest absolute Gasteiger partial charge is 0.497 e. The van der Waals surface area contributed by atoms with E-state index in [1.54, 1.807) is 19.4 Å². The number of rotatable bonds is 7. The highest BCUT2D eigenvalue weighted by molar-refractivity contribution is 5.94. The van der Waals surface area contributed by atoms with Crippen molar-refractivity contribution in [3.8, 4) is 5.75 Å². The van der Waals surface area contributed by atoms with Crippen LogP contribution in [0.2, 0.25) is 0 Å². The highest BCUT2D eigenvalue weighted by atomic mass is 16.5. The van der Waals surface area contributed by atoms with Crippen LogP contribution in [0.1, 0.15) is 28.8 Å². The molecule has 6 heteroatoms. The molecule has 0 bridgehead atoms. The van der Waals surface area contributed by atoms with Crippen LogP contribution in [0.3, 0.4) is 0 Å². The van der Waals surface area contributed by atoms with Crippen molar-refractivity contribution >= 4 is 11.7 Å². The first kappa shape index (κ1) is 17.2. The molecule has 1 aromatic heterocycles. The highest BCUT2D eigenvalue weighted by Crippen LogP contribution is 2.13. The number of nitrogens with one attached hydrogen (secondary N) is 2. The fourth-order valence-electron chi connectivity index (χ4n) is 2.68. The number of pyridine rings is 1. The standard InChI is InChI=1S/C19H23N3O3/c1-24-16-7-4-14(5-8-16)11-20-18-9-6-15(12-21-18)19(23)22-13-17-3-2-10-25-17/h4-9,12,17H,2-3,10-11,13H2,1H3,(H,20,21)(H,22,23). The Bertz CT molecular complexity index is 680. The molecule has 1 fully saturated rings. The average molecular weight is 341 g/mol. The predicted octanol–water partition coefficient (Wildman–Crippen LogP) is 2.61. The third-order valence-electron chi connectivity index (χ3n) is 4.17. The minimum Gasteiger partial charge on any atom is -0.497 e. The Balaban J connectivity index is 1.48. The SMILES string of the molecule is COc1ccc(CNc2ccc(C(=O)NCC3CCCO3)cn2)cc1. The van der Waals surface area contributed by atoms with Crippen LogP contribution in [0, 0.1) is 0 Å². The van der Waals surface area contributed by atoms with Crippen LogP contribution in [0.25, 0.3) is 0 Å². The summed E-state index contributed by atoms with van der Waals surface area (Å²) in [7, 11) is 1.65. The Kier molecular flexibility index (Phi) is 5.85. The second-order valence-electron chi connectivity index (χ2n) is 5.98. The van der Waals surface area contributed by atoms with E-state index in [1.807, 2.05) is 30.3 Å². The molecule has 0 radical (unpaired) electrons. The van der Waals surface area contributed by atoms with Crippen molar-refractivity contribution in [1.29, 1.82) is 0 Å². The van der Waals surface area contributed by atoms with E-state index < -0.39 is 0 Å². The zero-order chi connectivity index (χ0) is 17.5.